The van der Waals surface area contributed by atoms with Crippen LogP contribution in [0.1, 0.15) is 49.4 Å². The van der Waals surface area contributed by atoms with Crippen LogP contribution in [0.5, 0.6) is 0 Å². The van der Waals surface area contributed by atoms with Gasteiger partial charge in [0.1, 0.15) is 6.54 Å². The van der Waals surface area contributed by atoms with Gasteiger partial charge in [-0.3, -0.25) is 13.9 Å². The Morgan fingerprint density at radius 2 is 1.82 bits per heavy atom. The van der Waals surface area contributed by atoms with E-state index in [4.69, 9.17) is 4.74 Å². The zero-order valence-corrected chi connectivity index (χ0v) is 21.2. The van der Waals surface area contributed by atoms with E-state index in [1.807, 2.05) is 0 Å². The molecule has 1 atom stereocenters. The molecule has 0 aromatic heterocycles. The monoisotopic (exact) mass is 494 g/mol. The molecule has 1 aromatic carbocycles. The molecule has 1 aromatic rings. The summed E-state index contributed by atoms with van der Waals surface area (Å²) in [6.45, 7) is 6.57. The summed E-state index contributed by atoms with van der Waals surface area (Å²) in [7, 11) is -3.67. The Bertz CT molecular complexity index is 916. The largest absolute Gasteiger partial charge is 0.378 e. The van der Waals surface area contributed by atoms with E-state index in [0.29, 0.717) is 50.1 Å². The van der Waals surface area contributed by atoms with Crippen LogP contribution in [0.4, 0.5) is 5.69 Å². The molecule has 1 unspecified atom stereocenters. The van der Waals surface area contributed by atoms with Crippen molar-refractivity contribution in [2.24, 2.45) is 0 Å². The van der Waals surface area contributed by atoms with Crippen LogP contribution in [-0.4, -0.2) is 94.8 Å². The molecule has 9 nitrogen and oxygen atoms in total. The molecule has 0 saturated carbocycles. The second-order valence-electron chi connectivity index (χ2n) is 9.02. The Morgan fingerprint density at radius 3 is 2.47 bits per heavy atom. The van der Waals surface area contributed by atoms with E-state index in [-0.39, 0.29) is 18.4 Å². The summed E-state index contributed by atoms with van der Waals surface area (Å²) in [5.74, 6) is -0.456. The lowest BCUT2D eigenvalue weighted by molar-refractivity contribution is -0.119. The molecule has 2 saturated heterocycles. The van der Waals surface area contributed by atoms with Crippen LogP contribution >= 0.6 is 0 Å². The molecule has 2 aliphatic rings. The van der Waals surface area contributed by atoms with E-state index in [1.54, 1.807) is 29.2 Å². The molecule has 0 radical (unpaired) electrons. The van der Waals surface area contributed by atoms with Crippen LogP contribution in [0.25, 0.3) is 0 Å². The number of morpholine rings is 1. The first kappa shape index (κ1) is 26.4. The first-order chi connectivity index (χ1) is 16.3. The highest BCUT2D eigenvalue weighted by atomic mass is 32.2. The Balaban J connectivity index is 1.53. The lowest BCUT2D eigenvalue weighted by atomic mass is 10.00. The molecule has 10 heteroatoms. The minimum atomic E-state index is -3.67. The topological polar surface area (TPSA) is 99.3 Å². The first-order valence-electron chi connectivity index (χ1n) is 12.2. The van der Waals surface area contributed by atoms with Gasteiger partial charge in [0.2, 0.25) is 15.9 Å². The maximum Gasteiger partial charge on any atom is 0.254 e. The molecule has 3 rings (SSSR count). The average Bonchev–Trinajstić information content (AvgIpc) is 2.85. The van der Waals surface area contributed by atoms with Crippen molar-refractivity contribution in [3.63, 3.8) is 0 Å². The number of nitrogens with zero attached hydrogens (tertiary/aromatic N) is 3. The molecular weight excluding hydrogens is 456 g/mol. The number of piperidine rings is 1. The third-order valence-electron chi connectivity index (χ3n) is 6.55. The summed E-state index contributed by atoms with van der Waals surface area (Å²) in [6.07, 6.45) is 6.81. The number of sulfonamides is 1. The van der Waals surface area contributed by atoms with E-state index in [0.717, 1.165) is 36.5 Å². The zero-order chi connectivity index (χ0) is 24.6. The number of benzene rings is 1. The van der Waals surface area contributed by atoms with Crippen molar-refractivity contribution < 1.29 is 22.7 Å². The Kier molecular flexibility index (Phi) is 9.73. The maximum atomic E-state index is 12.6. The van der Waals surface area contributed by atoms with Crippen LogP contribution in [0.3, 0.4) is 0 Å². The van der Waals surface area contributed by atoms with Gasteiger partial charge in [-0.15, -0.1) is 0 Å². The SMILES string of the molecule is CCC1CCCCN1CCCNC(=O)CN(c1ccc(C(=O)N2CCOCC2)cc1)S(C)(=O)=O. The minimum absolute atomic E-state index is 0.113. The first-order valence-corrected chi connectivity index (χ1v) is 14.1. The molecule has 2 aliphatic heterocycles. The summed E-state index contributed by atoms with van der Waals surface area (Å²) in [4.78, 5) is 29.4. The van der Waals surface area contributed by atoms with Crippen LogP contribution < -0.4 is 9.62 Å². The molecular formula is C24H38N4O5S. The van der Waals surface area contributed by atoms with Crippen molar-refractivity contribution >= 4 is 27.5 Å². The van der Waals surface area contributed by atoms with Crippen LogP contribution in [-0.2, 0) is 19.6 Å². The van der Waals surface area contributed by atoms with Gasteiger partial charge in [0.15, 0.2) is 0 Å². The molecule has 2 fully saturated rings. The van der Waals surface area contributed by atoms with Crippen LogP contribution in [0.15, 0.2) is 24.3 Å². The van der Waals surface area contributed by atoms with E-state index in [9.17, 15) is 18.0 Å². The number of likely N-dealkylation sites (tertiary alicyclic amines) is 1. The van der Waals surface area contributed by atoms with Crippen LogP contribution in [0.2, 0.25) is 0 Å². The number of carbonyl (C=O) groups excluding carboxylic acids is 2. The highest BCUT2D eigenvalue weighted by Crippen LogP contribution is 2.20. The van der Waals surface area contributed by atoms with Gasteiger partial charge >= 0.3 is 0 Å². The summed E-state index contributed by atoms with van der Waals surface area (Å²) in [5, 5.41) is 2.86. The smallest absolute Gasteiger partial charge is 0.254 e. The Hall–Kier alpha value is -2.17. The second kappa shape index (κ2) is 12.5. The molecule has 0 aliphatic carbocycles. The number of carbonyl (C=O) groups is 2. The van der Waals surface area contributed by atoms with E-state index in [2.05, 4.69) is 17.1 Å². The summed E-state index contributed by atoms with van der Waals surface area (Å²) < 4.78 is 31.1. The molecule has 0 spiro atoms. The highest BCUT2D eigenvalue weighted by Gasteiger charge is 2.23. The van der Waals surface area contributed by atoms with Crippen molar-refractivity contribution in [3.05, 3.63) is 29.8 Å². The number of ether oxygens (including phenoxy) is 1. The fraction of sp³-hybridized carbons (Fsp3) is 0.667. The number of rotatable bonds is 10. The lowest BCUT2D eigenvalue weighted by Gasteiger charge is -2.35. The number of hydrogen-bond acceptors (Lipinski definition) is 6. The standard InChI is InChI=1S/C24H38N4O5S/c1-3-21-7-4-5-13-26(21)14-6-12-25-23(29)19-28(34(2,31)32)22-10-8-20(9-11-22)24(30)27-15-17-33-18-16-27/h8-11,21H,3-7,12-19H2,1-2H3,(H,25,29). The Morgan fingerprint density at radius 1 is 1.12 bits per heavy atom. The summed E-state index contributed by atoms with van der Waals surface area (Å²) >= 11 is 0. The van der Waals surface area contributed by atoms with Gasteiger partial charge in [0.05, 0.1) is 25.2 Å². The van der Waals surface area contributed by atoms with Crippen molar-refractivity contribution in [1.82, 2.24) is 15.1 Å². The number of anilines is 1. The Labute approximate surface area is 203 Å². The normalized spacial score (nSPS) is 19.6. The van der Waals surface area contributed by atoms with Crippen molar-refractivity contribution in [1.29, 1.82) is 0 Å². The van der Waals surface area contributed by atoms with Crippen molar-refractivity contribution in [2.45, 2.75) is 45.1 Å². The molecule has 2 heterocycles. The van der Waals surface area contributed by atoms with Gasteiger partial charge in [-0.25, -0.2) is 8.42 Å². The lowest BCUT2D eigenvalue weighted by Crippen LogP contribution is -2.42. The van der Waals surface area contributed by atoms with E-state index >= 15 is 0 Å². The summed E-state index contributed by atoms with van der Waals surface area (Å²) in [6, 6.07) is 6.98. The molecule has 34 heavy (non-hydrogen) atoms. The van der Waals surface area contributed by atoms with Gasteiger partial charge < -0.3 is 19.9 Å². The van der Waals surface area contributed by atoms with Gasteiger partial charge in [-0.2, -0.15) is 0 Å². The van der Waals surface area contributed by atoms with E-state index < -0.39 is 10.0 Å². The fourth-order valence-corrected chi connectivity index (χ4v) is 5.49. The van der Waals surface area contributed by atoms with Gasteiger partial charge in [-0.05, 0) is 56.5 Å². The summed E-state index contributed by atoms with van der Waals surface area (Å²) in [5.41, 5.74) is 0.835. The maximum absolute atomic E-state index is 12.6. The number of nitrogens with one attached hydrogen (secondary N) is 1. The fourth-order valence-electron chi connectivity index (χ4n) is 4.63. The molecule has 2 amide bonds. The quantitative estimate of drug-likeness (QED) is 0.497. The van der Waals surface area contributed by atoms with Crippen LogP contribution in [0, 0.1) is 0 Å². The van der Waals surface area contributed by atoms with Gasteiger partial charge in [0, 0.05) is 37.8 Å². The van der Waals surface area contributed by atoms with Crippen molar-refractivity contribution in [2.75, 3.05) is 63.0 Å². The molecule has 1 N–H and O–H groups in total. The van der Waals surface area contributed by atoms with Crippen molar-refractivity contribution in [3.8, 4) is 0 Å². The minimum Gasteiger partial charge on any atom is -0.378 e. The number of amides is 2. The third kappa shape index (κ3) is 7.41. The molecule has 190 valence electrons. The predicted octanol–water partition coefficient (Wildman–Crippen LogP) is 1.70. The molecule has 0 bridgehead atoms. The van der Waals surface area contributed by atoms with E-state index in [1.165, 1.54) is 19.3 Å². The van der Waals surface area contributed by atoms with Gasteiger partial charge in [0.25, 0.3) is 5.91 Å². The average molecular weight is 495 g/mol. The van der Waals surface area contributed by atoms with Gasteiger partial charge in [-0.1, -0.05) is 13.3 Å². The zero-order valence-electron chi connectivity index (χ0n) is 20.4. The second-order valence-corrected chi connectivity index (χ2v) is 10.9. The highest BCUT2D eigenvalue weighted by molar-refractivity contribution is 7.92. The number of hydrogen-bond donors (Lipinski definition) is 1. The third-order valence-corrected chi connectivity index (χ3v) is 7.69. The predicted molar refractivity (Wildman–Crippen MR) is 132 cm³/mol.